The summed E-state index contributed by atoms with van der Waals surface area (Å²) in [5, 5.41) is 6.19. The van der Waals surface area contributed by atoms with Crippen LogP contribution in [-0.4, -0.2) is 16.5 Å². The minimum Gasteiger partial charge on any atom is -0.354 e. The lowest BCUT2D eigenvalue weighted by atomic mass is 10.3. The van der Waals surface area contributed by atoms with Crippen LogP contribution in [0.4, 0.5) is 21.8 Å². The van der Waals surface area contributed by atoms with Crippen molar-refractivity contribution < 1.29 is 4.39 Å². The number of halogens is 3. The Morgan fingerprint density at radius 3 is 2.89 bits per heavy atom. The van der Waals surface area contributed by atoms with Gasteiger partial charge in [-0.3, -0.25) is 0 Å². The van der Waals surface area contributed by atoms with E-state index in [4.69, 9.17) is 0 Å². The first-order chi connectivity index (χ1) is 9.10. The van der Waals surface area contributed by atoms with Crippen molar-refractivity contribution in [1.82, 2.24) is 9.97 Å². The molecule has 0 aliphatic carbocycles. The van der Waals surface area contributed by atoms with Gasteiger partial charge in [0.25, 0.3) is 0 Å². The van der Waals surface area contributed by atoms with Gasteiger partial charge >= 0.3 is 0 Å². The van der Waals surface area contributed by atoms with Crippen LogP contribution in [0, 0.1) is 9.39 Å². The molecular weight excluding hydrogens is 426 g/mol. The SMILES string of the molecule is CCNc1ncc(Br)c(Nc2ccc(F)cc2I)n1. The molecular formula is C12H11BrFIN4. The highest BCUT2D eigenvalue weighted by Crippen LogP contribution is 2.27. The number of nitrogens with one attached hydrogen (secondary N) is 2. The number of anilines is 3. The molecule has 100 valence electrons. The van der Waals surface area contributed by atoms with Crippen LogP contribution in [-0.2, 0) is 0 Å². The third-order valence-electron chi connectivity index (χ3n) is 2.26. The molecule has 19 heavy (non-hydrogen) atoms. The molecule has 0 aliphatic rings. The van der Waals surface area contributed by atoms with Crippen LogP contribution in [0.25, 0.3) is 0 Å². The van der Waals surface area contributed by atoms with Crippen molar-refractivity contribution in [3.63, 3.8) is 0 Å². The van der Waals surface area contributed by atoms with Gasteiger partial charge in [0.1, 0.15) is 11.6 Å². The van der Waals surface area contributed by atoms with E-state index in [-0.39, 0.29) is 5.82 Å². The molecule has 0 saturated heterocycles. The van der Waals surface area contributed by atoms with E-state index in [2.05, 4.69) is 59.1 Å². The topological polar surface area (TPSA) is 49.8 Å². The number of hydrogen-bond acceptors (Lipinski definition) is 4. The molecule has 1 aromatic carbocycles. The van der Waals surface area contributed by atoms with Crippen LogP contribution in [0.1, 0.15) is 6.92 Å². The predicted octanol–water partition coefficient (Wildman–Crippen LogP) is 4.16. The fourth-order valence-electron chi connectivity index (χ4n) is 1.42. The number of aromatic nitrogens is 2. The lowest BCUT2D eigenvalue weighted by molar-refractivity contribution is 0.627. The van der Waals surface area contributed by atoms with Crippen molar-refractivity contribution in [3.8, 4) is 0 Å². The second kappa shape index (κ2) is 6.47. The van der Waals surface area contributed by atoms with Crippen molar-refractivity contribution in [3.05, 3.63) is 38.3 Å². The second-order valence-electron chi connectivity index (χ2n) is 3.67. The monoisotopic (exact) mass is 436 g/mol. The zero-order chi connectivity index (χ0) is 13.8. The molecule has 0 unspecified atom stereocenters. The maximum Gasteiger partial charge on any atom is 0.224 e. The van der Waals surface area contributed by atoms with Gasteiger partial charge in [-0.05, 0) is 63.6 Å². The molecule has 0 aliphatic heterocycles. The highest BCUT2D eigenvalue weighted by molar-refractivity contribution is 14.1. The molecule has 2 aromatic rings. The van der Waals surface area contributed by atoms with E-state index in [0.29, 0.717) is 11.8 Å². The van der Waals surface area contributed by atoms with E-state index >= 15 is 0 Å². The van der Waals surface area contributed by atoms with Gasteiger partial charge in [0, 0.05) is 16.3 Å². The Bertz CT molecular complexity index is 594. The zero-order valence-electron chi connectivity index (χ0n) is 10.0. The molecule has 0 atom stereocenters. The highest BCUT2D eigenvalue weighted by Gasteiger charge is 2.07. The Balaban J connectivity index is 2.29. The largest absolute Gasteiger partial charge is 0.354 e. The number of rotatable bonds is 4. The van der Waals surface area contributed by atoms with Gasteiger partial charge in [-0.2, -0.15) is 4.98 Å². The molecule has 7 heteroatoms. The van der Waals surface area contributed by atoms with Crippen LogP contribution >= 0.6 is 38.5 Å². The summed E-state index contributed by atoms with van der Waals surface area (Å²) in [6.45, 7) is 2.72. The fraction of sp³-hybridized carbons (Fsp3) is 0.167. The smallest absolute Gasteiger partial charge is 0.224 e. The molecule has 1 heterocycles. The normalized spacial score (nSPS) is 10.3. The molecule has 0 spiro atoms. The van der Waals surface area contributed by atoms with Gasteiger partial charge in [-0.15, -0.1) is 0 Å². The van der Waals surface area contributed by atoms with E-state index < -0.39 is 0 Å². The fourth-order valence-corrected chi connectivity index (χ4v) is 2.32. The van der Waals surface area contributed by atoms with Gasteiger partial charge < -0.3 is 10.6 Å². The molecule has 2 rings (SSSR count). The molecule has 0 bridgehead atoms. The maximum absolute atomic E-state index is 13.1. The first kappa shape index (κ1) is 14.4. The van der Waals surface area contributed by atoms with Crippen LogP contribution in [0.5, 0.6) is 0 Å². The zero-order valence-corrected chi connectivity index (χ0v) is 13.8. The molecule has 0 radical (unpaired) electrons. The Hall–Kier alpha value is -0.960. The predicted molar refractivity (Wildman–Crippen MR) is 86.3 cm³/mol. The van der Waals surface area contributed by atoms with Crippen LogP contribution in [0.2, 0.25) is 0 Å². The van der Waals surface area contributed by atoms with Gasteiger partial charge in [-0.25, -0.2) is 9.37 Å². The standard InChI is InChI=1S/C12H11BrFIN4/c1-2-16-12-17-6-8(13)11(19-12)18-10-4-3-7(14)5-9(10)15/h3-6H,2H2,1H3,(H2,16,17,18,19). The number of nitrogens with zero attached hydrogens (tertiary/aromatic N) is 2. The quantitative estimate of drug-likeness (QED) is 0.706. The molecule has 2 N–H and O–H groups in total. The van der Waals surface area contributed by atoms with E-state index in [0.717, 1.165) is 20.3 Å². The lowest BCUT2D eigenvalue weighted by Crippen LogP contribution is -2.05. The summed E-state index contributed by atoms with van der Waals surface area (Å²) in [7, 11) is 0. The summed E-state index contributed by atoms with van der Waals surface area (Å²) >= 11 is 5.46. The number of benzene rings is 1. The third kappa shape index (κ3) is 3.75. The van der Waals surface area contributed by atoms with Crippen molar-refractivity contribution in [2.75, 3.05) is 17.2 Å². The van der Waals surface area contributed by atoms with Crippen LogP contribution in [0.15, 0.2) is 28.9 Å². The van der Waals surface area contributed by atoms with Crippen molar-refractivity contribution >= 4 is 56.0 Å². The Labute approximate surface area is 132 Å². The average Bonchev–Trinajstić information content (AvgIpc) is 2.37. The summed E-state index contributed by atoms with van der Waals surface area (Å²) in [4.78, 5) is 8.48. The average molecular weight is 437 g/mol. The summed E-state index contributed by atoms with van der Waals surface area (Å²) < 4.78 is 14.6. The first-order valence-electron chi connectivity index (χ1n) is 5.58. The Morgan fingerprint density at radius 2 is 2.21 bits per heavy atom. The number of hydrogen-bond donors (Lipinski definition) is 2. The molecule has 0 fully saturated rings. The Kier molecular flexibility index (Phi) is 4.92. The third-order valence-corrected chi connectivity index (χ3v) is 3.74. The summed E-state index contributed by atoms with van der Waals surface area (Å²) in [6, 6.07) is 4.55. The van der Waals surface area contributed by atoms with E-state index in [9.17, 15) is 4.39 Å². The first-order valence-corrected chi connectivity index (χ1v) is 7.46. The molecule has 0 amide bonds. The Morgan fingerprint density at radius 1 is 1.42 bits per heavy atom. The van der Waals surface area contributed by atoms with Crippen LogP contribution in [0.3, 0.4) is 0 Å². The summed E-state index contributed by atoms with van der Waals surface area (Å²) in [5.74, 6) is 0.922. The van der Waals surface area contributed by atoms with Gasteiger partial charge in [0.05, 0.1) is 10.2 Å². The molecule has 4 nitrogen and oxygen atoms in total. The summed E-state index contributed by atoms with van der Waals surface area (Å²) in [6.07, 6.45) is 1.67. The molecule has 1 aromatic heterocycles. The van der Waals surface area contributed by atoms with Crippen LogP contribution < -0.4 is 10.6 Å². The van der Waals surface area contributed by atoms with Gasteiger partial charge in [-0.1, -0.05) is 0 Å². The second-order valence-corrected chi connectivity index (χ2v) is 5.69. The van der Waals surface area contributed by atoms with E-state index in [1.165, 1.54) is 12.1 Å². The van der Waals surface area contributed by atoms with Gasteiger partial charge in [0.2, 0.25) is 5.95 Å². The maximum atomic E-state index is 13.1. The highest BCUT2D eigenvalue weighted by atomic mass is 127. The van der Waals surface area contributed by atoms with Crippen molar-refractivity contribution in [2.24, 2.45) is 0 Å². The van der Waals surface area contributed by atoms with E-state index in [1.54, 1.807) is 12.3 Å². The summed E-state index contributed by atoms with van der Waals surface area (Å²) in [5.41, 5.74) is 0.795. The lowest BCUT2D eigenvalue weighted by Gasteiger charge is -2.11. The van der Waals surface area contributed by atoms with Gasteiger partial charge in [0.15, 0.2) is 0 Å². The molecule has 0 saturated carbocycles. The minimum absolute atomic E-state index is 0.259. The van der Waals surface area contributed by atoms with Crippen molar-refractivity contribution in [1.29, 1.82) is 0 Å². The minimum atomic E-state index is -0.259. The van der Waals surface area contributed by atoms with Crippen molar-refractivity contribution in [2.45, 2.75) is 6.92 Å². The van der Waals surface area contributed by atoms with E-state index in [1.807, 2.05) is 6.92 Å².